The van der Waals surface area contributed by atoms with Gasteiger partial charge in [0.1, 0.15) is 5.01 Å². The molecule has 0 saturated heterocycles. The molecule has 30 heavy (non-hydrogen) atoms. The summed E-state index contributed by atoms with van der Waals surface area (Å²) in [5.74, 6) is -0.410. The number of hydrogen-bond donors (Lipinski definition) is 2. The Bertz CT molecular complexity index is 1050. The molecule has 2 N–H and O–H groups in total. The average molecular weight is 425 g/mol. The van der Waals surface area contributed by atoms with Crippen molar-refractivity contribution >= 4 is 39.7 Å². The standard InChI is InChI=1S/C20H19N5O4S/c1-2-3-4-17(26)21-15-9-5-13(6-10-15)18(27)22-20-24-23-19(30-20)14-7-11-16(12-8-14)25(28)29/h5-12H,2-4H2,1H3,(H,21,26)(H,22,24,27). The minimum absolute atomic E-state index is 0.0122. The molecule has 0 atom stereocenters. The highest BCUT2D eigenvalue weighted by Crippen LogP contribution is 2.28. The lowest BCUT2D eigenvalue weighted by atomic mass is 10.2. The zero-order valence-electron chi connectivity index (χ0n) is 16.1. The van der Waals surface area contributed by atoms with E-state index in [2.05, 4.69) is 20.8 Å². The summed E-state index contributed by atoms with van der Waals surface area (Å²) in [6, 6.07) is 12.5. The number of anilines is 2. The fourth-order valence-corrected chi connectivity index (χ4v) is 3.30. The molecule has 0 bridgehead atoms. The number of rotatable bonds is 8. The van der Waals surface area contributed by atoms with Crippen molar-refractivity contribution in [3.8, 4) is 10.6 Å². The Balaban J connectivity index is 1.61. The molecular formula is C20H19N5O4S. The highest BCUT2D eigenvalue weighted by atomic mass is 32.1. The quantitative estimate of drug-likeness (QED) is 0.404. The van der Waals surface area contributed by atoms with Crippen LogP contribution in [0, 0.1) is 10.1 Å². The van der Waals surface area contributed by atoms with Crippen molar-refractivity contribution in [2.24, 2.45) is 0 Å². The van der Waals surface area contributed by atoms with Crippen LogP contribution < -0.4 is 10.6 Å². The minimum Gasteiger partial charge on any atom is -0.326 e. The summed E-state index contributed by atoms with van der Waals surface area (Å²) in [4.78, 5) is 34.4. The number of nitro groups is 1. The van der Waals surface area contributed by atoms with E-state index in [0.29, 0.717) is 33.4 Å². The van der Waals surface area contributed by atoms with Crippen LogP contribution >= 0.6 is 11.3 Å². The minimum atomic E-state index is -0.475. The third-order valence-corrected chi connectivity index (χ3v) is 5.05. The van der Waals surface area contributed by atoms with E-state index in [1.807, 2.05) is 6.92 Å². The topological polar surface area (TPSA) is 127 Å². The molecule has 2 aromatic carbocycles. The number of nitro benzene ring substituents is 1. The summed E-state index contributed by atoms with van der Waals surface area (Å²) in [5.41, 5.74) is 1.70. The van der Waals surface area contributed by atoms with Gasteiger partial charge in [-0.2, -0.15) is 0 Å². The number of benzene rings is 2. The average Bonchev–Trinajstić information content (AvgIpc) is 3.21. The van der Waals surface area contributed by atoms with Gasteiger partial charge in [-0.15, -0.1) is 10.2 Å². The van der Waals surface area contributed by atoms with Crippen LogP contribution in [0.1, 0.15) is 36.5 Å². The zero-order chi connectivity index (χ0) is 21.5. The Morgan fingerprint density at radius 1 is 1.03 bits per heavy atom. The van der Waals surface area contributed by atoms with Crippen LogP contribution in [0.25, 0.3) is 10.6 Å². The maximum Gasteiger partial charge on any atom is 0.269 e. The molecule has 3 rings (SSSR count). The molecule has 1 aromatic heterocycles. The van der Waals surface area contributed by atoms with E-state index in [0.717, 1.165) is 24.2 Å². The van der Waals surface area contributed by atoms with Gasteiger partial charge in [-0.25, -0.2) is 0 Å². The lowest BCUT2D eigenvalue weighted by molar-refractivity contribution is -0.384. The van der Waals surface area contributed by atoms with Crippen molar-refractivity contribution in [2.75, 3.05) is 10.6 Å². The fraction of sp³-hybridized carbons (Fsp3) is 0.200. The number of non-ortho nitro benzene ring substituents is 1. The number of aromatic nitrogens is 2. The Hall–Kier alpha value is -3.66. The van der Waals surface area contributed by atoms with Gasteiger partial charge in [-0.05, 0) is 42.8 Å². The summed E-state index contributed by atoms with van der Waals surface area (Å²) in [7, 11) is 0. The predicted molar refractivity (Wildman–Crippen MR) is 115 cm³/mol. The van der Waals surface area contributed by atoms with Crippen molar-refractivity contribution in [3.63, 3.8) is 0 Å². The Labute approximate surface area is 176 Å². The maximum absolute atomic E-state index is 12.4. The largest absolute Gasteiger partial charge is 0.326 e. The molecule has 1 heterocycles. The summed E-state index contributed by atoms with van der Waals surface area (Å²) < 4.78 is 0. The van der Waals surface area contributed by atoms with Crippen molar-refractivity contribution in [1.29, 1.82) is 0 Å². The highest BCUT2D eigenvalue weighted by molar-refractivity contribution is 7.18. The van der Waals surface area contributed by atoms with Crippen molar-refractivity contribution in [3.05, 3.63) is 64.2 Å². The molecule has 154 valence electrons. The number of amides is 2. The number of carbonyl (C=O) groups is 2. The fourth-order valence-electron chi connectivity index (χ4n) is 2.55. The molecule has 0 radical (unpaired) electrons. The van der Waals surface area contributed by atoms with E-state index in [-0.39, 0.29) is 17.5 Å². The lowest BCUT2D eigenvalue weighted by Gasteiger charge is -2.06. The molecule has 3 aromatic rings. The summed E-state index contributed by atoms with van der Waals surface area (Å²) in [6.07, 6.45) is 2.24. The number of nitrogens with one attached hydrogen (secondary N) is 2. The first kappa shape index (κ1) is 21.1. The normalized spacial score (nSPS) is 10.4. The molecule has 0 fully saturated rings. The number of carbonyl (C=O) groups excluding carboxylic acids is 2. The second-order valence-electron chi connectivity index (χ2n) is 6.40. The van der Waals surface area contributed by atoms with Crippen LogP contribution in [-0.2, 0) is 4.79 Å². The van der Waals surface area contributed by atoms with Crippen LogP contribution in [-0.4, -0.2) is 26.9 Å². The Kier molecular flexibility index (Phi) is 6.81. The molecule has 0 aliphatic rings. The molecule has 0 aliphatic heterocycles. The third-order valence-electron chi connectivity index (χ3n) is 4.16. The van der Waals surface area contributed by atoms with Gasteiger partial charge >= 0.3 is 0 Å². The first-order valence-electron chi connectivity index (χ1n) is 9.26. The van der Waals surface area contributed by atoms with Crippen molar-refractivity contribution in [1.82, 2.24) is 10.2 Å². The van der Waals surface area contributed by atoms with Crippen LogP contribution in [0.3, 0.4) is 0 Å². The molecule has 0 spiro atoms. The predicted octanol–water partition coefficient (Wildman–Crippen LogP) is 4.49. The Morgan fingerprint density at radius 3 is 2.37 bits per heavy atom. The van der Waals surface area contributed by atoms with E-state index >= 15 is 0 Å². The second-order valence-corrected chi connectivity index (χ2v) is 7.38. The van der Waals surface area contributed by atoms with Crippen LogP contribution in [0.5, 0.6) is 0 Å². The summed E-state index contributed by atoms with van der Waals surface area (Å²) in [6.45, 7) is 2.02. The number of hydrogen-bond acceptors (Lipinski definition) is 7. The summed E-state index contributed by atoms with van der Waals surface area (Å²) >= 11 is 1.16. The molecule has 2 amide bonds. The van der Waals surface area contributed by atoms with Gasteiger partial charge in [0.15, 0.2) is 0 Å². The Morgan fingerprint density at radius 2 is 1.73 bits per heavy atom. The van der Waals surface area contributed by atoms with Gasteiger partial charge in [0.2, 0.25) is 11.0 Å². The van der Waals surface area contributed by atoms with Crippen LogP contribution in [0.15, 0.2) is 48.5 Å². The molecule has 0 aliphatic carbocycles. The molecule has 9 nitrogen and oxygen atoms in total. The van der Waals surface area contributed by atoms with E-state index in [4.69, 9.17) is 0 Å². The van der Waals surface area contributed by atoms with Gasteiger partial charge in [0.05, 0.1) is 4.92 Å². The van der Waals surface area contributed by atoms with E-state index in [1.165, 1.54) is 12.1 Å². The van der Waals surface area contributed by atoms with E-state index in [9.17, 15) is 19.7 Å². The van der Waals surface area contributed by atoms with Gasteiger partial charge in [0.25, 0.3) is 11.6 Å². The number of unbranched alkanes of at least 4 members (excludes halogenated alkanes) is 1. The molecule has 0 saturated carbocycles. The van der Waals surface area contributed by atoms with Crippen LogP contribution in [0.2, 0.25) is 0 Å². The zero-order valence-corrected chi connectivity index (χ0v) is 16.9. The third kappa shape index (κ3) is 5.45. The van der Waals surface area contributed by atoms with E-state index in [1.54, 1.807) is 36.4 Å². The second kappa shape index (κ2) is 9.70. The monoisotopic (exact) mass is 425 g/mol. The maximum atomic E-state index is 12.4. The summed E-state index contributed by atoms with van der Waals surface area (Å²) in [5, 5.41) is 25.0. The lowest BCUT2D eigenvalue weighted by Crippen LogP contribution is -2.13. The van der Waals surface area contributed by atoms with Crippen molar-refractivity contribution in [2.45, 2.75) is 26.2 Å². The molecule has 0 unspecified atom stereocenters. The van der Waals surface area contributed by atoms with E-state index < -0.39 is 4.92 Å². The van der Waals surface area contributed by atoms with Gasteiger partial charge < -0.3 is 5.32 Å². The van der Waals surface area contributed by atoms with Gasteiger partial charge in [0, 0.05) is 35.4 Å². The highest BCUT2D eigenvalue weighted by Gasteiger charge is 2.13. The molecule has 10 heteroatoms. The van der Waals surface area contributed by atoms with Gasteiger partial charge in [-0.1, -0.05) is 24.7 Å². The molecular weight excluding hydrogens is 406 g/mol. The number of nitrogens with zero attached hydrogens (tertiary/aromatic N) is 3. The first-order valence-corrected chi connectivity index (χ1v) is 10.1. The SMILES string of the molecule is CCCCC(=O)Nc1ccc(C(=O)Nc2nnc(-c3ccc([N+](=O)[O-])cc3)s2)cc1. The van der Waals surface area contributed by atoms with Crippen LogP contribution in [0.4, 0.5) is 16.5 Å². The smallest absolute Gasteiger partial charge is 0.269 e. The van der Waals surface area contributed by atoms with Gasteiger partial charge in [-0.3, -0.25) is 25.0 Å². The first-order chi connectivity index (χ1) is 14.5. The van der Waals surface area contributed by atoms with Crippen molar-refractivity contribution < 1.29 is 14.5 Å².